The second-order valence-electron chi connectivity index (χ2n) is 4.16. The minimum atomic E-state index is -1.08. The fourth-order valence-electron chi connectivity index (χ4n) is 1.90. The predicted octanol–water partition coefficient (Wildman–Crippen LogP) is 0.642. The van der Waals surface area contributed by atoms with Crippen LogP contribution in [0.1, 0.15) is 5.56 Å². The third-order valence-electron chi connectivity index (χ3n) is 2.94. The van der Waals surface area contributed by atoms with Crippen LogP contribution in [-0.2, 0) is 16.1 Å². The first kappa shape index (κ1) is 13.3. The molecule has 0 radical (unpaired) electrons. The molecular formula is C12H14ClNO4. The lowest BCUT2D eigenvalue weighted by Crippen LogP contribution is -2.40. The van der Waals surface area contributed by atoms with Crippen LogP contribution in [-0.4, -0.2) is 41.0 Å². The van der Waals surface area contributed by atoms with Gasteiger partial charge < -0.3 is 14.9 Å². The molecule has 2 rings (SSSR count). The van der Waals surface area contributed by atoms with Gasteiger partial charge in [-0.2, -0.15) is 0 Å². The van der Waals surface area contributed by atoms with Crippen molar-refractivity contribution in [3.63, 3.8) is 0 Å². The Morgan fingerprint density at radius 3 is 2.83 bits per heavy atom. The monoisotopic (exact) mass is 271 g/mol. The number of carboxylic acids is 1. The van der Waals surface area contributed by atoms with Crippen molar-refractivity contribution in [2.75, 3.05) is 6.54 Å². The summed E-state index contributed by atoms with van der Waals surface area (Å²) in [6.07, 6.45) is -1.59. The average molecular weight is 272 g/mol. The van der Waals surface area contributed by atoms with Crippen molar-refractivity contribution < 1.29 is 19.7 Å². The molecule has 3 N–H and O–H groups in total. The zero-order chi connectivity index (χ0) is 13.1. The maximum Gasteiger partial charge on any atom is 0.323 e. The Bertz CT molecular complexity index is 440. The van der Waals surface area contributed by atoms with Crippen molar-refractivity contribution in [3.05, 3.63) is 34.9 Å². The van der Waals surface area contributed by atoms with Crippen LogP contribution in [0.25, 0.3) is 0 Å². The van der Waals surface area contributed by atoms with Crippen LogP contribution < -0.4 is 5.32 Å². The van der Waals surface area contributed by atoms with E-state index in [1.807, 2.05) is 18.2 Å². The Balaban J connectivity index is 1.92. The van der Waals surface area contributed by atoms with Crippen LogP contribution in [0.5, 0.6) is 0 Å². The molecule has 0 spiro atoms. The van der Waals surface area contributed by atoms with Crippen LogP contribution in [0.4, 0.5) is 0 Å². The van der Waals surface area contributed by atoms with E-state index in [0.29, 0.717) is 11.6 Å². The van der Waals surface area contributed by atoms with Crippen molar-refractivity contribution in [2.24, 2.45) is 0 Å². The van der Waals surface area contributed by atoms with Crippen molar-refractivity contribution in [3.8, 4) is 0 Å². The van der Waals surface area contributed by atoms with E-state index < -0.39 is 24.2 Å². The van der Waals surface area contributed by atoms with Gasteiger partial charge in [0, 0.05) is 11.6 Å². The van der Waals surface area contributed by atoms with Crippen LogP contribution in [0.2, 0.25) is 5.02 Å². The third kappa shape index (κ3) is 2.81. The molecular weight excluding hydrogens is 258 g/mol. The predicted molar refractivity (Wildman–Crippen MR) is 65.5 cm³/mol. The molecule has 0 amide bonds. The minimum absolute atomic E-state index is 0.245. The SMILES string of the molecule is O=C(O)[C@H]1NC[C@H](OCc2ccccc2Cl)[C@H]1O. The van der Waals surface area contributed by atoms with E-state index in [9.17, 15) is 9.90 Å². The summed E-state index contributed by atoms with van der Waals surface area (Å²) < 4.78 is 5.50. The van der Waals surface area contributed by atoms with Gasteiger partial charge in [0.05, 0.1) is 12.7 Å². The number of aliphatic hydroxyl groups excluding tert-OH is 1. The Hall–Kier alpha value is -1.14. The second-order valence-corrected chi connectivity index (χ2v) is 4.56. The molecule has 1 aliphatic rings. The van der Waals surface area contributed by atoms with Gasteiger partial charge in [-0.25, -0.2) is 0 Å². The van der Waals surface area contributed by atoms with Gasteiger partial charge in [-0.3, -0.25) is 10.1 Å². The van der Waals surface area contributed by atoms with Gasteiger partial charge in [0.25, 0.3) is 0 Å². The van der Waals surface area contributed by atoms with Crippen LogP contribution in [0.15, 0.2) is 24.3 Å². The van der Waals surface area contributed by atoms with Crippen molar-refractivity contribution >= 4 is 17.6 Å². The fourth-order valence-corrected chi connectivity index (χ4v) is 2.09. The lowest BCUT2D eigenvalue weighted by molar-refractivity contribution is -0.142. The molecule has 1 aromatic rings. The smallest absolute Gasteiger partial charge is 0.323 e. The molecule has 1 aliphatic heterocycles. The number of halogens is 1. The Labute approximate surface area is 109 Å². The highest BCUT2D eigenvalue weighted by Gasteiger charge is 2.39. The lowest BCUT2D eigenvalue weighted by atomic mass is 10.1. The van der Waals surface area contributed by atoms with Crippen LogP contribution >= 0.6 is 11.6 Å². The molecule has 0 unspecified atom stereocenters. The van der Waals surface area contributed by atoms with Crippen LogP contribution in [0, 0.1) is 0 Å². The summed E-state index contributed by atoms with van der Waals surface area (Å²) in [5, 5.41) is 21.9. The normalized spacial score (nSPS) is 27.3. The number of hydrogen-bond donors (Lipinski definition) is 3. The topological polar surface area (TPSA) is 78.8 Å². The van der Waals surface area contributed by atoms with Gasteiger partial charge >= 0.3 is 5.97 Å². The van der Waals surface area contributed by atoms with E-state index in [1.54, 1.807) is 6.07 Å². The first-order chi connectivity index (χ1) is 8.59. The highest BCUT2D eigenvalue weighted by Crippen LogP contribution is 2.19. The summed E-state index contributed by atoms with van der Waals surface area (Å²) in [4.78, 5) is 10.8. The average Bonchev–Trinajstić information content (AvgIpc) is 2.70. The molecule has 0 saturated carbocycles. The number of nitrogens with one attached hydrogen (secondary N) is 1. The highest BCUT2D eigenvalue weighted by molar-refractivity contribution is 6.31. The molecule has 5 nitrogen and oxygen atoms in total. The van der Waals surface area contributed by atoms with Crippen molar-refractivity contribution in [1.29, 1.82) is 0 Å². The summed E-state index contributed by atoms with van der Waals surface area (Å²) in [7, 11) is 0. The van der Waals surface area contributed by atoms with Gasteiger partial charge in [0.15, 0.2) is 0 Å². The molecule has 18 heavy (non-hydrogen) atoms. The largest absolute Gasteiger partial charge is 0.480 e. The maximum absolute atomic E-state index is 10.8. The minimum Gasteiger partial charge on any atom is -0.480 e. The van der Waals surface area contributed by atoms with E-state index in [0.717, 1.165) is 5.56 Å². The highest BCUT2D eigenvalue weighted by atomic mass is 35.5. The molecule has 1 saturated heterocycles. The molecule has 1 fully saturated rings. The molecule has 98 valence electrons. The van der Waals surface area contributed by atoms with E-state index in [-0.39, 0.29) is 6.61 Å². The quantitative estimate of drug-likeness (QED) is 0.749. The molecule has 1 aromatic carbocycles. The summed E-state index contributed by atoms with van der Waals surface area (Å²) in [5.41, 5.74) is 0.810. The molecule has 0 bridgehead atoms. The Morgan fingerprint density at radius 1 is 1.50 bits per heavy atom. The molecule has 0 aliphatic carbocycles. The molecule has 1 heterocycles. The van der Waals surface area contributed by atoms with Gasteiger partial charge in [-0.15, -0.1) is 0 Å². The van der Waals surface area contributed by atoms with Crippen molar-refractivity contribution in [1.82, 2.24) is 5.32 Å². The van der Waals surface area contributed by atoms with Gasteiger partial charge in [0.2, 0.25) is 0 Å². The Morgan fingerprint density at radius 2 is 2.22 bits per heavy atom. The molecule has 6 heteroatoms. The third-order valence-corrected chi connectivity index (χ3v) is 3.31. The second kappa shape index (κ2) is 5.67. The van der Waals surface area contributed by atoms with Crippen molar-refractivity contribution in [2.45, 2.75) is 24.9 Å². The summed E-state index contributed by atoms with van der Waals surface area (Å²) in [6.45, 7) is 0.554. The first-order valence-corrected chi connectivity index (χ1v) is 5.96. The number of carbonyl (C=O) groups is 1. The van der Waals surface area contributed by atoms with E-state index in [1.165, 1.54) is 0 Å². The number of benzene rings is 1. The summed E-state index contributed by atoms with van der Waals surface area (Å²) >= 11 is 5.97. The maximum atomic E-state index is 10.8. The lowest BCUT2D eigenvalue weighted by Gasteiger charge is -2.17. The molecule has 0 aromatic heterocycles. The number of aliphatic carboxylic acids is 1. The fraction of sp³-hybridized carbons (Fsp3) is 0.417. The zero-order valence-electron chi connectivity index (χ0n) is 9.54. The van der Waals surface area contributed by atoms with Gasteiger partial charge in [-0.1, -0.05) is 29.8 Å². The Kier molecular flexibility index (Phi) is 4.19. The number of rotatable bonds is 4. The summed E-state index contributed by atoms with van der Waals surface area (Å²) in [5.74, 6) is -1.08. The van der Waals surface area contributed by atoms with E-state index in [2.05, 4.69) is 5.32 Å². The van der Waals surface area contributed by atoms with Gasteiger partial charge in [-0.05, 0) is 11.6 Å². The standard InChI is InChI=1S/C12H14ClNO4/c13-8-4-2-1-3-7(8)6-18-9-5-14-10(11(9)15)12(16)17/h1-4,9-11,14-15H,5-6H2,(H,16,17)/t9-,10-,11+/m0/s1. The van der Waals surface area contributed by atoms with E-state index >= 15 is 0 Å². The number of aliphatic hydroxyl groups is 1. The molecule has 3 atom stereocenters. The first-order valence-electron chi connectivity index (χ1n) is 5.59. The van der Waals surface area contributed by atoms with E-state index in [4.69, 9.17) is 21.4 Å². The van der Waals surface area contributed by atoms with Crippen LogP contribution in [0.3, 0.4) is 0 Å². The summed E-state index contributed by atoms with van der Waals surface area (Å²) in [6, 6.07) is 6.27. The number of carboxylic acid groups (broad SMARTS) is 1. The zero-order valence-corrected chi connectivity index (χ0v) is 10.3. The number of ether oxygens (including phenoxy) is 1. The van der Waals surface area contributed by atoms with Gasteiger partial charge in [0.1, 0.15) is 12.1 Å². The number of hydrogen-bond acceptors (Lipinski definition) is 4.